The summed E-state index contributed by atoms with van der Waals surface area (Å²) >= 11 is 0. The van der Waals surface area contributed by atoms with Crippen LogP contribution in [0.1, 0.15) is 251 Å². The number of rotatable bonds is 46. The Morgan fingerprint density at radius 1 is 0.571 bits per heavy atom. The summed E-state index contributed by atoms with van der Waals surface area (Å²) in [4.78, 5) is 22.7. The molecule has 0 aliphatic carbocycles. The van der Waals surface area contributed by atoms with E-state index >= 15 is 0 Å². The van der Waals surface area contributed by atoms with Crippen LogP contribution in [0.3, 0.4) is 0 Å². The van der Waals surface area contributed by atoms with E-state index in [4.69, 9.17) is 14.8 Å². The van der Waals surface area contributed by atoms with Crippen molar-refractivity contribution in [2.45, 2.75) is 264 Å². The van der Waals surface area contributed by atoms with E-state index in [0.29, 0.717) is 6.42 Å². The maximum atomic E-state index is 12.8. The van der Waals surface area contributed by atoms with Crippen LogP contribution in [0, 0.1) is 0 Å². The Labute approximate surface area is 347 Å². The summed E-state index contributed by atoms with van der Waals surface area (Å²) in [5.41, 5.74) is 5.37. The summed E-state index contributed by atoms with van der Waals surface area (Å²) < 4.78 is 22.1. The third kappa shape index (κ3) is 41.4. The zero-order chi connectivity index (χ0) is 41.1. The number of unbranched alkanes of at least 4 members (excludes halogenated alkanes) is 34. The molecular formula is C47H95N2O6P. The van der Waals surface area contributed by atoms with Gasteiger partial charge in [-0.05, 0) is 19.3 Å². The van der Waals surface area contributed by atoms with Gasteiger partial charge in [-0.1, -0.05) is 238 Å². The number of aliphatic hydroxyl groups excluding tert-OH is 1. The van der Waals surface area contributed by atoms with Gasteiger partial charge in [0.2, 0.25) is 5.91 Å². The Balaban J connectivity index is 3.93. The van der Waals surface area contributed by atoms with E-state index in [1.54, 1.807) is 6.08 Å². The van der Waals surface area contributed by atoms with Crippen LogP contribution in [0.25, 0.3) is 0 Å². The molecule has 0 saturated heterocycles. The van der Waals surface area contributed by atoms with Gasteiger partial charge in [0.1, 0.15) is 0 Å². The van der Waals surface area contributed by atoms with Gasteiger partial charge in [-0.15, -0.1) is 0 Å². The summed E-state index contributed by atoms with van der Waals surface area (Å²) in [6.07, 6.45) is 50.0. The second kappa shape index (κ2) is 43.8. The molecule has 8 nitrogen and oxygen atoms in total. The van der Waals surface area contributed by atoms with Crippen molar-refractivity contribution < 1.29 is 28.4 Å². The number of amides is 1. The monoisotopic (exact) mass is 815 g/mol. The number of allylic oxidation sites excluding steroid dienone is 1. The number of hydrogen-bond acceptors (Lipinski definition) is 6. The average Bonchev–Trinajstić information content (AvgIpc) is 3.19. The SMILES string of the molecule is CCCCCCCCCCC/C=C/[C@@H](O)[C@H](COP(=O)(O)OCCN)NC(=O)CCCCCCCCCCCCCCCCCCCCCCCCCCCC. The molecule has 0 aliphatic rings. The molecule has 3 atom stereocenters. The molecule has 0 radical (unpaired) electrons. The fraction of sp³-hybridized carbons (Fsp3) is 0.936. The summed E-state index contributed by atoms with van der Waals surface area (Å²) in [6.45, 7) is 4.15. The highest BCUT2D eigenvalue weighted by Crippen LogP contribution is 2.43. The standard InChI is InChI=1S/C47H95N2O6P/c1-3-5-7-9-11-13-15-16-17-18-19-20-21-22-23-24-25-26-27-28-29-31-33-35-37-39-41-47(51)49-45(44-55-56(52,53)54-43-42-48)46(50)40-38-36-34-32-30-14-12-10-8-6-4-2/h38,40,45-46,50H,3-37,39,41-44,48H2,1-2H3,(H,49,51)(H,52,53)/b40-38+/t45-,46+/m0/s1. The van der Waals surface area contributed by atoms with Crippen molar-refractivity contribution in [3.8, 4) is 0 Å². The smallest absolute Gasteiger partial charge is 0.387 e. The lowest BCUT2D eigenvalue weighted by molar-refractivity contribution is -0.123. The molecular weight excluding hydrogens is 719 g/mol. The highest BCUT2D eigenvalue weighted by Gasteiger charge is 2.26. The number of carbonyl (C=O) groups is 1. The first kappa shape index (κ1) is 55.2. The van der Waals surface area contributed by atoms with E-state index in [1.165, 1.54) is 193 Å². The summed E-state index contributed by atoms with van der Waals surface area (Å²) in [5, 5.41) is 13.7. The Hall–Kier alpha value is -0.760. The summed E-state index contributed by atoms with van der Waals surface area (Å²) in [7, 11) is -4.33. The summed E-state index contributed by atoms with van der Waals surface area (Å²) in [6, 6.07) is -0.854. The molecule has 334 valence electrons. The van der Waals surface area contributed by atoms with Gasteiger partial charge in [-0.2, -0.15) is 0 Å². The molecule has 0 aromatic heterocycles. The van der Waals surface area contributed by atoms with E-state index in [9.17, 15) is 19.4 Å². The first-order valence-electron chi connectivity index (χ1n) is 24.3. The van der Waals surface area contributed by atoms with Crippen LogP contribution in [0.4, 0.5) is 0 Å². The number of phosphoric acid groups is 1. The minimum Gasteiger partial charge on any atom is -0.387 e. The van der Waals surface area contributed by atoms with E-state index in [0.717, 1.165) is 38.5 Å². The topological polar surface area (TPSA) is 131 Å². The maximum Gasteiger partial charge on any atom is 0.472 e. The van der Waals surface area contributed by atoms with Crippen LogP contribution < -0.4 is 11.1 Å². The lowest BCUT2D eigenvalue weighted by Crippen LogP contribution is -2.45. The fourth-order valence-corrected chi connectivity index (χ4v) is 8.19. The second-order valence-corrected chi connectivity index (χ2v) is 18.1. The fourth-order valence-electron chi connectivity index (χ4n) is 7.43. The number of phosphoric ester groups is 1. The van der Waals surface area contributed by atoms with Gasteiger partial charge < -0.3 is 21.1 Å². The number of nitrogens with one attached hydrogen (secondary N) is 1. The van der Waals surface area contributed by atoms with Gasteiger partial charge in [0.05, 0.1) is 25.4 Å². The first-order valence-corrected chi connectivity index (χ1v) is 25.8. The zero-order valence-corrected chi connectivity index (χ0v) is 38.0. The highest BCUT2D eigenvalue weighted by atomic mass is 31.2. The number of aliphatic hydroxyl groups is 1. The predicted octanol–water partition coefficient (Wildman–Crippen LogP) is 14.0. The van der Waals surface area contributed by atoms with Crippen molar-refractivity contribution in [1.82, 2.24) is 5.32 Å². The number of carbonyl (C=O) groups excluding carboxylic acids is 1. The van der Waals surface area contributed by atoms with Crippen molar-refractivity contribution in [3.05, 3.63) is 12.2 Å². The normalized spacial score (nSPS) is 14.0. The molecule has 1 amide bonds. The molecule has 0 aromatic rings. The largest absolute Gasteiger partial charge is 0.472 e. The van der Waals surface area contributed by atoms with Crippen LogP contribution in [0.5, 0.6) is 0 Å². The van der Waals surface area contributed by atoms with Gasteiger partial charge in [0, 0.05) is 13.0 Å². The first-order chi connectivity index (χ1) is 27.4. The van der Waals surface area contributed by atoms with Crippen LogP contribution in [0.2, 0.25) is 0 Å². The highest BCUT2D eigenvalue weighted by molar-refractivity contribution is 7.47. The molecule has 9 heteroatoms. The molecule has 0 fully saturated rings. The third-order valence-electron chi connectivity index (χ3n) is 11.1. The van der Waals surface area contributed by atoms with Crippen molar-refractivity contribution in [2.24, 2.45) is 5.73 Å². The van der Waals surface area contributed by atoms with Crippen LogP contribution in [0.15, 0.2) is 12.2 Å². The van der Waals surface area contributed by atoms with Gasteiger partial charge in [-0.25, -0.2) is 4.57 Å². The molecule has 56 heavy (non-hydrogen) atoms. The number of nitrogens with two attached hydrogens (primary N) is 1. The minimum atomic E-state index is -4.33. The van der Waals surface area contributed by atoms with Crippen molar-refractivity contribution in [1.29, 1.82) is 0 Å². The van der Waals surface area contributed by atoms with Gasteiger partial charge in [0.15, 0.2) is 0 Å². The molecule has 0 heterocycles. The molecule has 0 spiro atoms. The van der Waals surface area contributed by atoms with E-state index in [1.807, 2.05) is 6.08 Å². The van der Waals surface area contributed by atoms with E-state index in [-0.39, 0.29) is 25.7 Å². The van der Waals surface area contributed by atoms with Crippen LogP contribution >= 0.6 is 7.82 Å². The quantitative estimate of drug-likeness (QED) is 0.0273. The van der Waals surface area contributed by atoms with Gasteiger partial charge in [0.25, 0.3) is 0 Å². The Morgan fingerprint density at radius 3 is 1.27 bits per heavy atom. The molecule has 5 N–H and O–H groups in total. The molecule has 1 unspecified atom stereocenters. The minimum absolute atomic E-state index is 0.0813. The Kier molecular flexibility index (Phi) is 43.2. The molecule has 0 saturated carbocycles. The van der Waals surface area contributed by atoms with Gasteiger partial charge in [-0.3, -0.25) is 13.8 Å². The van der Waals surface area contributed by atoms with Crippen molar-refractivity contribution in [3.63, 3.8) is 0 Å². The predicted molar refractivity (Wildman–Crippen MR) is 240 cm³/mol. The molecule has 0 aliphatic heterocycles. The van der Waals surface area contributed by atoms with E-state index in [2.05, 4.69) is 19.2 Å². The van der Waals surface area contributed by atoms with Crippen LogP contribution in [-0.2, 0) is 18.4 Å². The Bertz CT molecular complexity index is 891. The molecule has 0 aromatic carbocycles. The number of hydrogen-bond donors (Lipinski definition) is 4. The zero-order valence-electron chi connectivity index (χ0n) is 37.1. The van der Waals surface area contributed by atoms with Crippen molar-refractivity contribution >= 4 is 13.7 Å². The van der Waals surface area contributed by atoms with Crippen molar-refractivity contribution in [2.75, 3.05) is 19.8 Å². The second-order valence-electron chi connectivity index (χ2n) is 16.7. The summed E-state index contributed by atoms with van der Waals surface area (Å²) in [5.74, 6) is -0.190. The third-order valence-corrected chi connectivity index (χ3v) is 12.1. The average molecular weight is 815 g/mol. The molecule has 0 rings (SSSR count). The lowest BCUT2D eigenvalue weighted by atomic mass is 10.0. The lowest BCUT2D eigenvalue weighted by Gasteiger charge is -2.23. The van der Waals surface area contributed by atoms with E-state index < -0.39 is 20.0 Å². The van der Waals surface area contributed by atoms with Gasteiger partial charge >= 0.3 is 7.82 Å². The molecule has 0 bridgehead atoms. The Morgan fingerprint density at radius 2 is 0.911 bits per heavy atom. The van der Waals surface area contributed by atoms with Crippen LogP contribution in [-0.4, -0.2) is 47.8 Å². The maximum absolute atomic E-state index is 12.8.